The Hall–Kier alpha value is -7.30. The van der Waals surface area contributed by atoms with Crippen LogP contribution in [-0.4, -0.2) is 14.5 Å². The van der Waals surface area contributed by atoms with Crippen LogP contribution in [0.1, 0.15) is 0 Å². The average Bonchev–Trinajstić information content (AvgIpc) is 3.49. The van der Waals surface area contributed by atoms with E-state index in [0.717, 1.165) is 82.7 Å². The van der Waals surface area contributed by atoms with E-state index in [9.17, 15) is 0 Å². The maximum Gasteiger partial charge on any atom is 0.160 e. The van der Waals surface area contributed by atoms with Crippen molar-refractivity contribution in [1.29, 1.82) is 0 Å². The van der Waals surface area contributed by atoms with Gasteiger partial charge in [0.1, 0.15) is 11.2 Å². The minimum absolute atomic E-state index is 0.707. The van der Waals surface area contributed by atoms with Crippen molar-refractivity contribution in [3.63, 3.8) is 0 Å². The Labute approximate surface area is 309 Å². The summed E-state index contributed by atoms with van der Waals surface area (Å²) in [6, 6.07) is 62.4. The Kier molecular flexibility index (Phi) is 6.02. The van der Waals surface area contributed by atoms with Gasteiger partial charge >= 0.3 is 0 Å². The maximum absolute atomic E-state index is 6.64. The molecule has 4 nitrogen and oxygen atoms in total. The first-order valence-corrected chi connectivity index (χ1v) is 18.3. The van der Waals surface area contributed by atoms with Gasteiger partial charge in [0.25, 0.3) is 0 Å². The smallest absolute Gasteiger partial charge is 0.160 e. The lowest BCUT2D eigenvalue weighted by atomic mass is 9.99. The second-order valence-corrected chi connectivity index (χ2v) is 14.2. The van der Waals surface area contributed by atoms with Crippen LogP contribution in [0.2, 0.25) is 0 Å². The normalized spacial score (nSPS) is 12.1. The molecule has 3 aromatic heterocycles. The molecule has 0 fully saturated rings. The van der Waals surface area contributed by atoms with E-state index in [2.05, 4.69) is 174 Å². The van der Waals surface area contributed by atoms with Crippen LogP contribution in [-0.2, 0) is 0 Å². The van der Waals surface area contributed by atoms with Gasteiger partial charge in [0, 0.05) is 43.7 Å². The van der Waals surface area contributed by atoms with E-state index in [0.29, 0.717) is 5.82 Å². The molecule has 9 aromatic carbocycles. The number of hydrogen-bond acceptors (Lipinski definition) is 3. The SMILES string of the molecule is c1ccc(-c2cccc(-c3nc(-c4ccc5ccc(-n6c7ccc8cccc9oc%10cccc%11ccc6c(c%11%10)c7c89)cc5c4)nc4ccccc34)c2)cc1. The lowest BCUT2D eigenvalue weighted by Crippen LogP contribution is -1.96. The second kappa shape index (κ2) is 11.1. The molecule has 0 atom stereocenters. The van der Waals surface area contributed by atoms with E-state index in [-0.39, 0.29) is 0 Å². The van der Waals surface area contributed by atoms with Crippen LogP contribution >= 0.6 is 0 Å². The molecule has 12 aromatic rings. The molecule has 4 heteroatoms. The first-order chi connectivity index (χ1) is 26.7. The molecule has 12 rings (SSSR count). The van der Waals surface area contributed by atoms with Crippen LogP contribution in [0.3, 0.4) is 0 Å². The number of benzene rings is 9. The fourth-order valence-corrected chi connectivity index (χ4v) is 8.66. The first kappa shape index (κ1) is 29.3. The number of fused-ring (bicyclic) bond motifs is 2. The predicted octanol–water partition coefficient (Wildman–Crippen LogP) is 13.4. The summed E-state index contributed by atoms with van der Waals surface area (Å²) in [6.45, 7) is 0. The van der Waals surface area contributed by atoms with Gasteiger partial charge in [0.05, 0.1) is 22.2 Å². The lowest BCUT2D eigenvalue weighted by molar-refractivity contribution is 0.664. The monoisotopic (exact) mass is 687 g/mol. The molecule has 0 unspecified atom stereocenters. The molecule has 250 valence electrons. The minimum atomic E-state index is 0.707. The summed E-state index contributed by atoms with van der Waals surface area (Å²) >= 11 is 0. The Morgan fingerprint density at radius 1 is 0.389 bits per heavy atom. The largest absolute Gasteiger partial charge is 0.456 e. The average molecular weight is 688 g/mol. The van der Waals surface area contributed by atoms with Crippen molar-refractivity contribution in [3.05, 3.63) is 176 Å². The molecule has 0 saturated heterocycles. The first-order valence-electron chi connectivity index (χ1n) is 18.3. The van der Waals surface area contributed by atoms with Gasteiger partial charge in [0.2, 0.25) is 0 Å². The molecular weight excluding hydrogens is 659 g/mol. The fraction of sp³-hybridized carbons (Fsp3) is 0. The highest BCUT2D eigenvalue weighted by atomic mass is 16.3. The summed E-state index contributed by atoms with van der Waals surface area (Å²) in [4.78, 5) is 10.4. The van der Waals surface area contributed by atoms with E-state index < -0.39 is 0 Å². The minimum Gasteiger partial charge on any atom is -0.456 e. The van der Waals surface area contributed by atoms with E-state index in [4.69, 9.17) is 14.4 Å². The summed E-state index contributed by atoms with van der Waals surface area (Å²) < 4.78 is 9.06. The van der Waals surface area contributed by atoms with E-state index in [1.807, 2.05) is 6.07 Å². The van der Waals surface area contributed by atoms with Crippen molar-refractivity contribution in [3.8, 4) is 39.5 Å². The quantitative estimate of drug-likeness (QED) is 0.185. The van der Waals surface area contributed by atoms with Crippen molar-refractivity contribution in [2.24, 2.45) is 0 Å². The molecule has 0 radical (unpaired) electrons. The molecule has 0 saturated carbocycles. The van der Waals surface area contributed by atoms with Gasteiger partial charge in [-0.1, -0.05) is 121 Å². The van der Waals surface area contributed by atoms with E-state index in [1.54, 1.807) is 0 Å². The van der Waals surface area contributed by atoms with E-state index >= 15 is 0 Å². The standard InChI is InChI=1S/C50H29N3O/c1-2-9-30(10-3-1)34-13-6-14-35(27-34)49-39-15-4-5-16-40(39)51-50(52-49)36-20-19-31-21-24-38(29-37(31)28-36)53-41-25-22-32-11-7-17-43-45(32)47(41)48-42(53)26-23-33-12-8-18-44(54-43)46(33)48/h1-29H. The lowest BCUT2D eigenvalue weighted by Gasteiger charge is -2.13. The van der Waals surface area contributed by atoms with Crippen molar-refractivity contribution in [1.82, 2.24) is 14.5 Å². The van der Waals surface area contributed by atoms with Gasteiger partial charge in [-0.15, -0.1) is 0 Å². The number of para-hydroxylation sites is 1. The number of hydrogen-bond donors (Lipinski definition) is 0. The van der Waals surface area contributed by atoms with Crippen LogP contribution in [0.4, 0.5) is 0 Å². The van der Waals surface area contributed by atoms with Crippen LogP contribution in [0.15, 0.2) is 180 Å². The maximum atomic E-state index is 6.64. The van der Waals surface area contributed by atoms with Crippen molar-refractivity contribution in [2.75, 3.05) is 0 Å². The Balaban J connectivity index is 1.06. The molecule has 0 amide bonds. The highest BCUT2D eigenvalue weighted by Crippen LogP contribution is 2.45. The van der Waals surface area contributed by atoms with Crippen molar-refractivity contribution in [2.45, 2.75) is 0 Å². The second-order valence-electron chi connectivity index (χ2n) is 14.2. The van der Waals surface area contributed by atoms with E-state index in [1.165, 1.54) is 27.1 Å². The Morgan fingerprint density at radius 2 is 1.04 bits per heavy atom. The molecule has 0 aliphatic carbocycles. The topological polar surface area (TPSA) is 43.9 Å². The van der Waals surface area contributed by atoms with Crippen LogP contribution in [0, 0.1) is 0 Å². The van der Waals surface area contributed by atoms with Crippen LogP contribution in [0.5, 0.6) is 0 Å². The molecule has 3 heterocycles. The zero-order chi connectivity index (χ0) is 35.3. The predicted molar refractivity (Wildman–Crippen MR) is 224 cm³/mol. The summed E-state index contributed by atoms with van der Waals surface area (Å²) in [5, 5.41) is 10.4. The number of rotatable bonds is 4. The van der Waals surface area contributed by atoms with Crippen LogP contribution in [0.25, 0.3) is 116 Å². The molecular formula is C50H29N3O. The van der Waals surface area contributed by atoms with Gasteiger partial charge in [-0.05, 0) is 87.3 Å². The molecule has 0 bridgehead atoms. The molecule has 0 aliphatic heterocycles. The molecule has 0 aliphatic rings. The summed E-state index contributed by atoms with van der Waals surface area (Å²) in [7, 11) is 0. The van der Waals surface area contributed by atoms with Gasteiger partial charge in [-0.2, -0.15) is 0 Å². The van der Waals surface area contributed by atoms with Crippen molar-refractivity contribution < 1.29 is 4.42 Å². The van der Waals surface area contributed by atoms with Gasteiger partial charge in [-0.25, -0.2) is 9.97 Å². The van der Waals surface area contributed by atoms with Crippen molar-refractivity contribution >= 4 is 76.2 Å². The van der Waals surface area contributed by atoms with Gasteiger partial charge < -0.3 is 8.98 Å². The number of aromatic nitrogens is 3. The van der Waals surface area contributed by atoms with Gasteiger partial charge in [-0.3, -0.25) is 0 Å². The Bertz CT molecular complexity index is 3340. The summed E-state index contributed by atoms with van der Waals surface area (Å²) in [5.74, 6) is 0.707. The number of nitrogens with zero attached hydrogens (tertiary/aromatic N) is 3. The highest BCUT2D eigenvalue weighted by molar-refractivity contribution is 6.33. The highest BCUT2D eigenvalue weighted by Gasteiger charge is 2.21. The Morgan fingerprint density at radius 3 is 1.81 bits per heavy atom. The third kappa shape index (κ3) is 4.25. The van der Waals surface area contributed by atoms with Gasteiger partial charge in [0.15, 0.2) is 5.82 Å². The summed E-state index contributed by atoms with van der Waals surface area (Å²) in [6.07, 6.45) is 0. The fourth-order valence-electron chi connectivity index (χ4n) is 8.66. The van der Waals surface area contributed by atoms with Crippen LogP contribution < -0.4 is 0 Å². The molecule has 0 N–H and O–H groups in total. The third-order valence-electron chi connectivity index (χ3n) is 11.1. The zero-order valence-corrected chi connectivity index (χ0v) is 29.0. The third-order valence-corrected chi connectivity index (χ3v) is 11.1. The summed E-state index contributed by atoms with van der Waals surface area (Å²) in [5.41, 5.74) is 11.4. The molecule has 0 spiro atoms. The zero-order valence-electron chi connectivity index (χ0n) is 29.0. The molecule has 54 heavy (non-hydrogen) atoms.